The minimum Gasteiger partial charge on any atom is -0.353 e. The van der Waals surface area contributed by atoms with E-state index in [2.05, 4.69) is 10.2 Å². The van der Waals surface area contributed by atoms with Crippen molar-refractivity contribution in [2.45, 2.75) is 18.9 Å². The van der Waals surface area contributed by atoms with Crippen molar-refractivity contribution < 1.29 is 9.59 Å². The lowest BCUT2D eigenvalue weighted by Crippen LogP contribution is -2.53. The number of likely N-dealkylation sites (tertiary alicyclic amines) is 1. The first-order valence-electron chi connectivity index (χ1n) is 6.17. The molecule has 0 aromatic heterocycles. The minimum atomic E-state index is -0.0646. The molecule has 2 amide bonds. The third-order valence-corrected chi connectivity index (χ3v) is 3.38. The average molecular weight is 240 g/mol. The molecule has 3 N–H and O–H groups in total. The van der Waals surface area contributed by atoms with Crippen LogP contribution in [0.15, 0.2) is 0 Å². The lowest BCUT2D eigenvalue weighted by atomic mass is 10.1. The highest BCUT2D eigenvalue weighted by Gasteiger charge is 2.24. The number of hydrogen-bond acceptors (Lipinski definition) is 4. The maximum absolute atomic E-state index is 12.0. The van der Waals surface area contributed by atoms with Crippen LogP contribution in [0.1, 0.15) is 12.8 Å². The van der Waals surface area contributed by atoms with Crippen LogP contribution in [0.2, 0.25) is 0 Å². The number of hydrogen-bond donors (Lipinski definition) is 2. The molecule has 2 saturated heterocycles. The van der Waals surface area contributed by atoms with Crippen LogP contribution in [-0.2, 0) is 9.59 Å². The number of piperazine rings is 1. The molecule has 0 aromatic carbocycles. The van der Waals surface area contributed by atoms with Gasteiger partial charge in [0.15, 0.2) is 0 Å². The van der Waals surface area contributed by atoms with Crippen LogP contribution < -0.4 is 11.1 Å². The standard InChI is InChI=1S/C11H20N4O2/c12-9-1-4-14(5-2-9)8-11(17)15-6-3-13-10(16)7-15/h9H,1-8,12H2,(H,13,16). The average Bonchev–Trinajstić information content (AvgIpc) is 2.32. The van der Waals surface area contributed by atoms with E-state index in [0.717, 1.165) is 25.9 Å². The Balaban J connectivity index is 1.78. The number of carbonyl (C=O) groups excluding carboxylic acids is 2. The van der Waals surface area contributed by atoms with E-state index in [9.17, 15) is 9.59 Å². The third kappa shape index (κ3) is 3.41. The van der Waals surface area contributed by atoms with Gasteiger partial charge >= 0.3 is 0 Å². The van der Waals surface area contributed by atoms with Gasteiger partial charge in [-0.15, -0.1) is 0 Å². The van der Waals surface area contributed by atoms with Crippen LogP contribution in [0.5, 0.6) is 0 Å². The summed E-state index contributed by atoms with van der Waals surface area (Å²) in [6.45, 7) is 3.57. The summed E-state index contributed by atoms with van der Waals surface area (Å²) in [6, 6.07) is 0.280. The quantitative estimate of drug-likeness (QED) is 0.607. The molecule has 6 heteroatoms. The first kappa shape index (κ1) is 12.3. The molecule has 17 heavy (non-hydrogen) atoms. The summed E-state index contributed by atoms with van der Waals surface area (Å²) in [6.07, 6.45) is 1.90. The Kier molecular flexibility index (Phi) is 3.96. The summed E-state index contributed by atoms with van der Waals surface area (Å²) in [5.41, 5.74) is 5.81. The molecule has 0 bridgehead atoms. The van der Waals surface area contributed by atoms with Gasteiger partial charge < -0.3 is 16.0 Å². The van der Waals surface area contributed by atoms with E-state index in [1.54, 1.807) is 4.90 Å². The molecule has 2 rings (SSSR count). The molecule has 0 saturated carbocycles. The largest absolute Gasteiger partial charge is 0.353 e. The zero-order valence-electron chi connectivity index (χ0n) is 10.0. The van der Waals surface area contributed by atoms with Gasteiger partial charge in [0, 0.05) is 32.2 Å². The van der Waals surface area contributed by atoms with Crippen molar-refractivity contribution in [2.24, 2.45) is 5.73 Å². The molecule has 0 unspecified atom stereocenters. The van der Waals surface area contributed by atoms with Crippen LogP contribution in [0, 0.1) is 0 Å². The number of nitrogens with zero attached hydrogens (tertiary/aromatic N) is 2. The molecule has 6 nitrogen and oxygen atoms in total. The number of nitrogens with two attached hydrogens (primary N) is 1. The Labute approximate surface area is 101 Å². The highest BCUT2D eigenvalue weighted by Crippen LogP contribution is 2.08. The maximum Gasteiger partial charge on any atom is 0.239 e. The highest BCUT2D eigenvalue weighted by molar-refractivity contribution is 5.86. The molecule has 0 aliphatic carbocycles. The van der Waals surface area contributed by atoms with Crippen molar-refractivity contribution in [3.05, 3.63) is 0 Å². The van der Waals surface area contributed by atoms with Crippen LogP contribution >= 0.6 is 0 Å². The second-order valence-corrected chi connectivity index (χ2v) is 4.78. The molecule has 0 spiro atoms. The predicted octanol–water partition coefficient (Wildman–Crippen LogP) is -1.63. The van der Waals surface area contributed by atoms with Crippen molar-refractivity contribution in [2.75, 3.05) is 39.3 Å². The number of carbonyl (C=O) groups is 2. The Bertz CT molecular complexity index is 300. The third-order valence-electron chi connectivity index (χ3n) is 3.38. The second-order valence-electron chi connectivity index (χ2n) is 4.78. The topological polar surface area (TPSA) is 78.7 Å². The lowest BCUT2D eigenvalue weighted by Gasteiger charge is -2.32. The SMILES string of the molecule is NC1CCN(CC(=O)N2CCNC(=O)C2)CC1. The molecule has 96 valence electrons. The van der Waals surface area contributed by atoms with E-state index >= 15 is 0 Å². The van der Waals surface area contributed by atoms with E-state index < -0.39 is 0 Å². The molecular weight excluding hydrogens is 220 g/mol. The Morgan fingerprint density at radius 2 is 2.06 bits per heavy atom. The van der Waals surface area contributed by atoms with Crippen molar-refractivity contribution >= 4 is 11.8 Å². The molecule has 2 heterocycles. The zero-order valence-corrected chi connectivity index (χ0v) is 10.0. The van der Waals surface area contributed by atoms with Gasteiger partial charge in [-0.05, 0) is 12.8 Å². The van der Waals surface area contributed by atoms with E-state index in [-0.39, 0.29) is 24.4 Å². The molecular formula is C11H20N4O2. The number of nitrogens with one attached hydrogen (secondary N) is 1. The molecule has 0 atom stereocenters. The zero-order chi connectivity index (χ0) is 12.3. The Morgan fingerprint density at radius 1 is 1.35 bits per heavy atom. The summed E-state index contributed by atoms with van der Waals surface area (Å²) in [5.74, 6) is -0.0133. The van der Waals surface area contributed by atoms with Crippen LogP contribution in [0.3, 0.4) is 0 Å². The van der Waals surface area contributed by atoms with Crippen LogP contribution in [0.25, 0.3) is 0 Å². The highest BCUT2D eigenvalue weighted by atomic mass is 16.2. The van der Waals surface area contributed by atoms with Crippen molar-refractivity contribution in [3.8, 4) is 0 Å². The molecule has 0 aromatic rings. The lowest BCUT2D eigenvalue weighted by molar-refractivity contribution is -0.139. The monoisotopic (exact) mass is 240 g/mol. The normalized spacial score (nSPS) is 23.6. The minimum absolute atomic E-state index is 0.0512. The van der Waals surface area contributed by atoms with Gasteiger partial charge in [-0.2, -0.15) is 0 Å². The van der Waals surface area contributed by atoms with Crippen LogP contribution in [-0.4, -0.2) is 66.9 Å². The second kappa shape index (κ2) is 5.46. The van der Waals surface area contributed by atoms with E-state index in [4.69, 9.17) is 5.73 Å². The number of piperidine rings is 1. The molecule has 2 fully saturated rings. The Morgan fingerprint density at radius 3 is 2.71 bits per heavy atom. The van der Waals surface area contributed by atoms with E-state index in [0.29, 0.717) is 19.6 Å². The van der Waals surface area contributed by atoms with Crippen molar-refractivity contribution in [3.63, 3.8) is 0 Å². The van der Waals surface area contributed by atoms with E-state index in [1.807, 2.05) is 0 Å². The number of rotatable bonds is 2. The van der Waals surface area contributed by atoms with Gasteiger partial charge in [-0.3, -0.25) is 14.5 Å². The summed E-state index contributed by atoms with van der Waals surface area (Å²) in [4.78, 5) is 26.9. The van der Waals surface area contributed by atoms with E-state index in [1.165, 1.54) is 0 Å². The van der Waals surface area contributed by atoms with Crippen LogP contribution in [0.4, 0.5) is 0 Å². The van der Waals surface area contributed by atoms with Gasteiger partial charge in [-0.25, -0.2) is 0 Å². The van der Waals surface area contributed by atoms with Gasteiger partial charge in [0.2, 0.25) is 11.8 Å². The van der Waals surface area contributed by atoms with Gasteiger partial charge in [0.05, 0.1) is 13.1 Å². The van der Waals surface area contributed by atoms with Crippen molar-refractivity contribution in [1.29, 1.82) is 0 Å². The predicted molar refractivity (Wildman–Crippen MR) is 63.2 cm³/mol. The fourth-order valence-electron chi connectivity index (χ4n) is 2.25. The van der Waals surface area contributed by atoms with Gasteiger partial charge in [0.25, 0.3) is 0 Å². The summed E-state index contributed by atoms with van der Waals surface area (Å²) >= 11 is 0. The summed E-state index contributed by atoms with van der Waals surface area (Å²) in [7, 11) is 0. The maximum atomic E-state index is 12.0. The molecule has 2 aliphatic heterocycles. The first-order valence-corrected chi connectivity index (χ1v) is 6.17. The Hall–Kier alpha value is -1.14. The number of amides is 2. The van der Waals surface area contributed by atoms with Gasteiger partial charge in [-0.1, -0.05) is 0 Å². The molecule has 0 radical (unpaired) electrons. The summed E-state index contributed by atoms with van der Waals surface area (Å²) < 4.78 is 0. The van der Waals surface area contributed by atoms with Crippen molar-refractivity contribution in [1.82, 2.24) is 15.1 Å². The fraction of sp³-hybridized carbons (Fsp3) is 0.818. The first-order chi connectivity index (χ1) is 8.15. The van der Waals surface area contributed by atoms with Gasteiger partial charge in [0.1, 0.15) is 0 Å². The molecule has 2 aliphatic rings. The summed E-state index contributed by atoms with van der Waals surface area (Å²) in [5, 5.41) is 2.71. The smallest absolute Gasteiger partial charge is 0.239 e. The fourth-order valence-corrected chi connectivity index (χ4v) is 2.25.